The molecular weight excluding hydrogens is 558 g/mol. The number of nitrogens with zero attached hydrogens (tertiary/aromatic N) is 4. The Bertz CT molecular complexity index is 1780. The lowest BCUT2D eigenvalue weighted by Gasteiger charge is -2.26. The topological polar surface area (TPSA) is 99.8 Å². The maximum atomic E-state index is 14.2. The molecule has 1 aliphatic heterocycles. The molecule has 1 aliphatic rings. The van der Waals surface area contributed by atoms with Crippen molar-refractivity contribution in [1.29, 1.82) is 0 Å². The van der Waals surface area contributed by atoms with E-state index in [1.165, 1.54) is 23.1 Å². The fourth-order valence-electron chi connectivity index (χ4n) is 5.05. The molecule has 4 heterocycles. The standard InChI is InChI=1S/C30H31N5O4S2/c1-17(2)23-14-22-24(16-39-23)41-28-25(22)27(37)34(20-10-12-21(38-4)13-11-20)29-32-33-30(35(28)29)40-18(3)26(36)31-15-19-8-6-5-7-9-19/h5-13,17-18,23H,14-16H2,1-4H3,(H,31,36)/t18-,23-/m1/s1. The normalized spacial score (nSPS) is 15.8. The van der Waals surface area contributed by atoms with Crippen LogP contribution in [0.3, 0.4) is 0 Å². The van der Waals surface area contributed by atoms with Gasteiger partial charge in [0.2, 0.25) is 11.7 Å². The Kier molecular flexibility index (Phi) is 7.58. The summed E-state index contributed by atoms with van der Waals surface area (Å²) in [5.74, 6) is 1.31. The van der Waals surface area contributed by atoms with Crippen molar-refractivity contribution in [3.8, 4) is 11.4 Å². The molecule has 1 N–H and O–H groups in total. The molecule has 0 aliphatic carbocycles. The number of hydrogen-bond donors (Lipinski definition) is 1. The molecule has 9 nitrogen and oxygen atoms in total. The number of ether oxygens (including phenoxy) is 2. The van der Waals surface area contributed by atoms with Crippen LogP contribution >= 0.6 is 23.1 Å². The molecule has 0 spiro atoms. The van der Waals surface area contributed by atoms with Gasteiger partial charge in [0, 0.05) is 17.8 Å². The molecule has 0 fully saturated rings. The largest absolute Gasteiger partial charge is 0.497 e. The Morgan fingerprint density at radius 3 is 2.61 bits per heavy atom. The predicted molar refractivity (Wildman–Crippen MR) is 161 cm³/mol. The number of aromatic nitrogens is 4. The molecule has 212 valence electrons. The van der Waals surface area contributed by atoms with E-state index in [1.807, 2.05) is 65.9 Å². The van der Waals surface area contributed by atoms with Crippen LogP contribution in [-0.2, 0) is 29.1 Å². The van der Waals surface area contributed by atoms with Gasteiger partial charge in [-0.3, -0.25) is 9.59 Å². The summed E-state index contributed by atoms with van der Waals surface area (Å²) in [5.41, 5.74) is 2.58. The van der Waals surface area contributed by atoms with Crippen molar-refractivity contribution in [3.63, 3.8) is 0 Å². The predicted octanol–water partition coefficient (Wildman–Crippen LogP) is 5.00. The lowest BCUT2D eigenvalue weighted by atomic mass is 9.96. The summed E-state index contributed by atoms with van der Waals surface area (Å²) in [6, 6.07) is 17.1. The second kappa shape index (κ2) is 11.3. The second-order valence-electron chi connectivity index (χ2n) is 10.4. The number of rotatable bonds is 8. The van der Waals surface area contributed by atoms with Crippen LogP contribution in [-0.4, -0.2) is 43.5 Å². The smallest absolute Gasteiger partial charge is 0.268 e. The number of carbonyl (C=O) groups is 1. The third-order valence-corrected chi connectivity index (χ3v) is 9.61. The van der Waals surface area contributed by atoms with Crippen molar-refractivity contribution in [1.82, 2.24) is 24.5 Å². The number of carbonyl (C=O) groups excluding carboxylic acids is 1. The quantitative estimate of drug-likeness (QED) is 0.254. The Hall–Kier alpha value is -3.67. The van der Waals surface area contributed by atoms with E-state index in [9.17, 15) is 9.59 Å². The molecule has 41 heavy (non-hydrogen) atoms. The van der Waals surface area contributed by atoms with Crippen LogP contribution in [0.25, 0.3) is 21.7 Å². The van der Waals surface area contributed by atoms with Gasteiger partial charge in [-0.25, -0.2) is 8.97 Å². The first-order chi connectivity index (χ1) is 19.9. The second-order valence-corrected chi connectivity index (χ2v) is 12.8. The molecule has 0 radical (unpaired) electrons. The van der Waals surface area contributed by atoms with Crippen LogP contribution in [0.2, 0.25) is 0 Å². The van der Waals surface area contributed by atoms with E-state index in [2.05, 4.69) is 29.4 Å². The molecule has 0 bridgehead atoms. The number of benzene rings is 2. The highest BCUT2D eigenvalue weighted by molar-refractivity contribution is 8.00. The number of fused-ring (bicyclic) bond motifs is 5. The zero-order valence-corrected chi connectivity index (χ0v) is 24.9. The summed E-state index contributed by atoms with van der Waals surface area (Å²) in [4.78, 5) is 29.1. The molecule has 3 aromatic heterocycles. The number of amides is 1. The fraction of sp³-hybridized carbons (Fsp3) is 0.333. The van der Waals surface area contributed by atoms with Gasteiger partial charge in [0.25, 0.3) is 5.56 Å². The van der Waals surface area contributed by atoms with Crippen LogP contribution in [0.5, 0.6) is 5.75 Å². The fourth-order valence-corrected chi connectivity index (χ4v) is 7.22. The van der Waals surface area contributed by atoms with Crippen LogP contribution in [0.4, 0.5) is 0 Å². The first kappa shape index (κ1) is 27.5. The van der Waals surface area contributed by atoms with Crippen LogP contribution in [0, 0.1) is 5.92 Å². The van der Waals surface area contributed by atoms with Crippen molar-refractivity contribution in [2.75, 3.05) is 7.11 Å². The minimum absolute atomic E-state index is 0.0351. The summed E-state index contributed by atoms with van der Waals surface area (Å²) in [5, 5.41) is 12.7. The Labute approximate surface area is 245 Å². The molecule has 0 unspecified atom stereocenters. The number of hydrogen-bond acceptors (Lipinski definition) is 8. The zero-order chi connectivity index (χ0) is 28.7. The number of methoxy groups -OCH3 is 1. The van der Waals surface area contributed by atoms with Gasteiger partial charge in [0.15, 0.2) is 5.16 Å². The molecule has 0 saturated carbocycles. The van der Waals surface area contributed by atoms with Gasteiger partial charge in [-0.15, -0.1) is 21.5 Å². The summed E-state index contributed by atoms with van der Waals surface area (Å²) in [6.45, 7) is 7.03. The summed E-state index contributed by atoms with van der Waals surface area (Å²) < 4.78 is 15.0. The third kappa shape index (κ3) is 5.13. The van der Waals surface area contributed by atoms with Crippen LogP contribution in [0.1, 0.15) is 36.8 Å². The van der Waals surface area contributed by atoms with Crippen molar-refractivity contribution < 1.29 is 14.3 Å². The maximum Gasteiger partial charge on any atom is 0.268 e. The minimum atomic E-state index is -0.439. The van der Waals surface area contributed by atoms with Gasteiger partial charge in [-0.1, -0.05) is 55.9 Å². The highest BCUT2D eigenvalue weighted by Crippen LogP contribution is 2.38. The van der Waals surface area contributed by atoms with E-state index in [-0.39, 0.29) is 17.6 Å². The number of thioether (sulfide) groups is 1. The van der Waals surface area contributed by atoms with E-state index in [0.717, 1.165) is 20.8 Å². The molecule has 5 aromatic rings. The highest BCUT2D eigenvalue weighted by Gasteiger charge is 2.30. The van der Waals surface area contributed by atoms with Gasteiger partial charge in [-0.05, 0) is 48.2 Å². The SMILES string of the molecule is COc1ccc(-n2c(=O)c3c4c(sc3n3c(S[C@H](C)C(=O)NCc5ccccc5)nnc23)CO[C@@H](C(C)C)C4)cc1. The molecule has 0 saturated heterocycles. The third-order valence-electron chi connectivity index (χ3n) is 7.38. The lowest BCUT2D eigenvalue weighted by Crippen LogP contribution is -2.30. The Morgan fingerprint density at radius 1 is 1.15 bits per heavy atom. The van der Waals surface area contributed by atoms with Crippen LogP contribution < -0.4 is 15.6 Å². The van der Waals surface area contributed by atoms with Crippen molar-refractivity contribution in [2.45, 2.75) is 56.9 Å². The summed E-state index contributed by atoms with van der Waals surface area (Å²) >= 11 is 2.86. The minimum Gasteiger partial charge on any atom is -0.497 e. The number of nitrogens with one attached hydrogen (secondary N) is 1. The van der Waals surface area contributed by atoms with E-state index in [4.69, 9.17) is 9.47 Å². The molecular formula is C30H31N5O4S2. The average Bonchev–Trinajstić information content (AvgIpc) is 3.58. The monoisotopic (exact) mass is 589 g/mol. The average molecular weight is 590 g/mol. The zero-order valence-electron chi connectivity index (χ0n) is 23.3. The summed E-state index contributed by atoms with van der Waals surface area (Å²) in [7, 11) is 1.61. The molecule has 2 atom stereocenters. The van der Waals surface area contributed by atoms with E-state index < -0.39 is 5.25 Å². The molecule has 6 rings (SSSR count). The van der Waals surface area contributed by atoms with Gasteiger partial charge in [0.05, 0.1) is 36.1 Å². The Morgan fingerprint density at radius 2 is 1.90 bits per heavy atom. The van der Waals surface area contributed by atoms with Gasteiger partial charge in [-0.2, -0.15) is 0 Å². The van der Waals surface area contributed by atoms with Crippen LogP contribution in [0.15, 0.2) is 64.5 Å². The van der Waals surface area contributed by atoms with Crippen molar-refractivity contribution in [2.24, 2.45) is 5.92 Å². The van der Waals surface area contributed by atoms with E-state index >= 15 is 0 Å². The van der Waals surface area contributed by atoms with Crippen molar-refractivity contribution >= 4 is 45.0 Å². The highest BCUT2D eigenvalue weighted by atomic mass is 32.2. The first-order valence-electron chi connectivity index (χ1n) is 13.5. The van der Waals surface area contributed by atoms with Gasteiger partial charge in [0.1, 0.15) is 10.6 Å². The van der Waals surface area contributed by atoms with E-state index in [1.54, 1.807) is 11.7 Å². The Balaban J connectivity index is 1.45. The molecule has 2 aromatic carbocycles. The van der Waals surface area contributed by atoms with Crippen molar-refractivity contribution in [3.05, 3.63) is 81.0 Å². The lowest BCUT2D eigenvalue weighted by molar-refractivity contribution is -0.120. The van der Waals surface area contributed by atoms with E-state index in [0.29, 0.717) is 53.2 Å². The van der Waals surface area contributed by atoms with Gasteiger partial charge < -0.3 is 14.8 Å². The summed E-state index contributed by atoms with van der Waals surface area (Å²) in [6.07, 6.45) is 0.701. The number of thiophene rings is 1. The molecule has 11 heteroatoms. The first-order valence-corrected chi connectivity index (χ1v) is 15.2. The van der Waals surface area contributed by atoms with Gasteiger partial charge >= 0.3 is 0 Å². The maximum absolute atomic E-state index is 14.2. The molecule has 1 amide bonds.